The lowest BCUT2D eigenvalue weighted by Gasteiger charge is -2.07. The molecule has 0 amide bonds. The summed E-state index contributed by atoms with van der Waals surface area (Å²) in [6.07, 6.45) is 1.22. The molecule has 0 saturated carbocycles. The number of nitrogen functional groups attached to an aromatic ring is 1. The largest absolute Gasteiger partial charge is 0.507 e. The standard InChI is InChI=1S/C20H18N6O5S/c1-2-30-19(29)12-8-23-20(26-17(12)22)32-10-16(28)31-9-15(27)11(7-21)18-24-13-5-3-4-6-14(13)25-18/h3-6,8,27H,2,9-10H2,1H3,(H,24,25)(H2,22,23,26). The first-order chi connectivity index (χ1) is 15.4. The summed E-state index contributed by atoms with van der Waals surface area (Å²) in [4.78, 5) is 38.8. The van der Waals surface area contributed by atoms with E-state index in [0.29, 0.717) is 11.0 Å². The van der Waals surface area contributed by atoms with Crippen LogP contribution in [0.15, 0.2) is 41.4 Å². The van der Waals surface area contributed by atoms with E-state index in [4.69, 9.17) is 15.2 Å². The van der Waals surface area contributed by atoms with Crippen LogP contribution in [0.1, 0.15) is 23.1 Å². The number of aromatic nitrogens is 4. The Morgan fingerprint density at radius 2 is 2.06 bits per heavy atom. The number of hydrogen-bond donors (Lipinski definition) is 3. The minimum absolute atomic E-state index is 0.0310. The third-order valence-electron chi connectivity index (χ3n) is 4.01. The number of nitriles is 1. The van der Waals surface area contributed by atoms with Gasteiger partial charge in [-0.3, -0.25) is 4.79 Å². The predicted molar refractivity (Wildman–Crippen MR) is 115 cm³/mol. The number of anilines is 1. The van der Waals surface area contributed by atoms with Crippen LogP contribution in [0.2, 0.25) is 0 Å². The smallest absolute Gasteiger partial charge is 0.343 e. The first-order valence-corrected chi connectivity index (χ1v) is 10.3. The first-order valence-electron chi connectivity index (χ1n) is 9.28. The number of aliphatic hydroxyl groups is 1. The SMILES string of the molecule is CCOC(=O)c1cnc(SCC(=O)OCC(O)=C(C#N)c2nc3ccccc3[nH]2)nc1N. The highest BCUT2D eigenvalue weighted by Crippen LogP contribution is 2.20. The molecule has 0 aliphatic rings. The van der Waals surface area contributed by atoms with Crippen LogP contribution in [0.3, 0.4) is 0 Å². The van der Waals surface area contributed by atoms with Gasteiger partial charge in [-0.15, -0.1) is 0 Å². The highest BCUT2D eigenvalue weighted by Gasteiger charge is 2.17. The van der Waals surface area contributed by atoms with Gasteiger partial charge in [0.2, 0.25) is 0 Å². The van der Waals surface area contributed by atoms with E-state index in [1.54, 1.807) is 31.2 Å². The van der Waals surface area contributed by atoms with Crippen molar-refractivity contribution in [3.63, 3.8) is 0 Å². The first kappa shape index (κ1) is 22.6. The van der Waals surface area contributed by atoms with Gasteiger partial charge in [0.05, 0.1) is 23.4 Å². The van der Waals surface area contributed by atoms with Crippen LogP contribution in [-0.2, 0) is 14.3 Å². The van der Waals surface area contributed by atoms with Gasteiger partial charge in [0.1, 0.15) is 29.6 Å². The summed E-state index contributed by atoms with van der Waals surface area (Å²) < 4.78 is 9.85. The number of carbonyl (C=O) groups excluding carboxylic acids is 2. The fourth-order valence-electron chi connectivity index (χ4n) is 2.53. The van der Waals surface area contributed by atoms with Gasteiger partial charge < -0.3 is 25.3 Å². The number of imidazole rings is 1. The van der Waals surface area contributed by atoms with Crippen LogP contribution in [-0.4, -0.2) is 55.9 Å². The van der Waals surface area contributed by atoms with E-state index in [0.717, 1.165) is 11.8 Å². The molecule has 0 bridgehead atoms. The zero-order valence-electron chi connectivity index (χ0n) is 16.9. The van der Waals surface area contributed by atoms with Crippen molar-refractivity contribution >= 4 is 46.1 Å². The molecule has 3 aromatic rings. The lowest BCUT2D eigenvalue weighted by molar-refractivity contribution is -0.140. The number of nitrogens with two attached hydrogens (primary N) is 1. The average molecular weight is 454 g/mol. The third kappa shape index (κ3) is 5.32. The highest BCUT2D eigenvalue weighted by atomic mass is 32.2. The molecule has 2 aromatic heterocycles. The molecule has 164 valence electrons. The summed E-state index contributed by atoms with van der Waals surface area (Å²) in [6.45, 7) is 1.34. The summed E-state index contributed by atoms with van der Waals surface area (Å²) >= 11 is 0.932. The van der Waals surface area contributed by atoms with Gasteiger partial charge in [0.25, 0.3) is 0 Å². The molecule has 0 radical (unpaired) electrons. The van der Waals surface area contributed by atoms with Crippen LogP contribution < -0.4 is 5.73 Å². The topological polar surface area (TPSA) is 177 Å². The van der Waals surface area contributed by atoms with Crippen molar-refractivity contribution in [3.8, 4) is 6.07 Å². The average Bonchev–Trinajstić information content (AvgIpc) is 3.20. The second-order valence-corrected chi connectivity index (χ2v) is 7.10. The van der Waals surface area contributed by atoms with E-state index in [1.165, 1.54) is 6.20 Å². The summed E-state index contributed by atoms with van der Waals surface area (Å²) in [6, 6.07) is 9.00. The van der Waals surface area contributed by atoms with Gasteiger partial charge in [0.15, 0.2) is 16.7 Å². The van der Waals surface area contributed by atoms with E-state index >= 15 is 0 Å². The third-order valence-corrected chi connectivity index (χ3v) is 4.84. The molecule has 0 atom stereocenters. The number of H-pyrrole nitrogens is 1. The Bertz CT molecular complexity index is 1200. The number of benzene rings is 1. The fourth-order valence-corrected chi connectivity index (χ4v) is 3.15. The van der Waals surface area contributed by atoms with Gasteiger partial charge in [-0.2, -0.15) is 5.26 Å². The van der Waals surface area contributed by atoms with Crippen molar-refractivity contribution in [1.82, 2.24) is 19.9 Å². The Balaban J connectivity index is 1.58. The van der Waals surface area contributed by atoms with Crippen LogP contribution in [0.25, 0.3) is 16.6 Å². The molecule has 2 heterocycles. The number of allylic oxidation sites excluding steroid dienone is 1. The lowest BCUT2D eigenvalue weighted by Crippen LogP contribution is -2.13. The zero-order valence-corrected chi connectivity index (χ0v) is 17.7. The van der Waals surface area contributed by atoms with Gasteiger partial charge in [-0.25, -0.2) is 19.7 Å². The molecule has 0 fully saturated rings. The number of nitrogens with one attached hydrogen (secondary N) is 1. The number of fused-ring (bicyclic) bond motifs is 1. The summed E-state index contributed by atoms with van der Waals surface area (Å²) in [7, 11) is 0. The molecule has 0 aliphatic carbocycles. The number of ether oxygens (including phenoxy) is 2. The Morgan fingerprint density at radius 1 is 1.28 bits per heavy atom. The van der Waals surface area contributed by atoms with Crippen LogP contribution in [0.5, 0.6) is 0 Å². The molecule has 11 nitrogen and oxygen atoms in total. The number of aromatic amines is 1. The predicted octanol–water partition coefficient (Wildman–Crippen LogP) is 2.24. The quantitative estimate of drug-likeness (QED) is 0.149. The number of rotatable bonds is 8. The zero-order chi connectivity index (χ0) is 23.1. The molecular formula is C20H18N6O5S. The van der Waals surface area contributed by atoms with Gasteiger partial charge in [0, 0.05) is 6.20 Å². The Morgan fingerprint density at radius 3 is 2.75 bits per heavy atom. The molecule has 1 aromatic carbocycles. The number of nitrogens with zero attached hydrogens (tertiary/aromatic N) is 4. The molecule has 12 heteroatoms. The maximum absolute atomic E-state index is 12.0. The monoisotopic (exact) mass is 454 g/mol. The second-order valence-electron chi connectivity index (χ2n) is 6.16. The van der Waals surface area contributed by atoms with Crippen molar-refractivity contribution in [2.75, 3.05) is 24.7 Å². The van der Waals surface area contributed by atoms with Crippen molar-refractivity contribution < 1.29 is 24.2 Å². The maximum atomic E-state index is 12.0. The number of hydrogen-bond acceptors (Lipinski definition) is 11. The van der Waals surface area contributed by atoms with Gasteiger partial charge in [-0.05, 0) is 19.1 Å². The van der Waals surface area contributed by atoms with E-state index < -0.39 is 24.3 Å². The number of esters is 2. The highest BCUT2D eigenvalue weighted by molar-refractivity contribution is 7.99. The van der Waals surface area contributed by atoms with Gasteiger partial charge >= 0.3 is 11.9 Å². The van der Waals surface area contributed by atoms with Crippen LogP contribution >= 0.6 is 11.8 Å². The van der Waals surface area contributed by atoms with Crippen molar-refractivity contribution in [2.24, 2.45) is 0 Å². The molecule has 32 heavy (non-hydrogen) atoms. The number of thioether (sulfide) groups is 1. The van der Waals surface area contributed by atoms with Crippen molar-refractivity contribution in [1.29, 1.82) is 5.26 Å². The Hall–Kier alpha value is -4.11. The summed E-state index contributed by atoms with van der Waals surface area (Å²) in [5.41, 5.74) is 6.96. The molecule has 4 N–H and O–H groups in total. The van der Waals surface area contributed by atoms with E-state index in [9.17, 15) is 20.0 Å². The number of carbonyl (C=O) groups is 2. The van der Waals surface area contributed by atoms with Crippen LogP contribution in [0.4, 0.5) is 5.82 Å². The second kappa shape index (κ2) is 10.3. The number of para-hydroxylation sites is 2. The van der Waals surface area contributed by atoms with E-state index in [-0.39, 0.29) is 40.3 Å². The molecular weight excluding hydrogens is 436 g/mol. The molecule has 0 spiro atoms. The minimum Gasteiger partial charge on any atom is -0.507 e. The molecule has 0 aliphatic heterocycles. The fraction of sp³-hybridized carbons (Fsp3) is 0.200. The Labute approximate surface area is 186 Å². The van der Waals surface area contributed by atoms with Gasteiger partial charge in [-0.1, -0.05) is 23.9 Å². The van der Waals surface area contributed by atoms with E-state index in [2.05, 4.69) is 19.9 Å². The molecule has 0 saturated heterocycles. The minimum atomic E-state index is -0.680. The van der Waals surface area contributed by atoms with E-state index in [1.807, 2.05) is 6.07 Å². The maximum Gasteiger partial charge on any atom is 0.343 e. The lowest BCUT2D eigenvalue weighted by atomic mass is 10.2. The van der Waals surface area contributed by atoms with Crippen molar-refractivity contribution in [3.05, 3.63) is 47.6 Å². The molecule has 0 unspecified atom stereocenters. The number of aliphatic hydroxyl groups excluding tert-OH is 1. The van der Waals surface area contributed by atoms with Crippen molar-refractivity contribution in [2.45, 2.75) is 12.1 Å². The molecule has 3 rings (SSSR count). The normalized spacial score (nSPS) is 11.5. The summed E-state index contributed by atoms with van der Waals surface area (Å²) in [5.74, 6) is -1.84. The Kier molecular flexibility index (Phi) is 7.25. The van der Waals surface area contributed by atoms with Crippen LogP contribution in [0, 0.1) is 11.3 Å². The summed E-state index contributed by atoms with van der Waals surface area (Å²) in [5, 5.41) is 19.8.